The van der Waals surface area contributed by atoms with Crippen molar-refractivity contribution in [3.8, 4) is 11.5 Å². The molecule has 0 spiro atoms. The summed E-state index contributed by atoms with van der Waals surface area (Å²) in [6, 6.07) is 5.44. The Bertz CT molecular complexity index is 482. The van der Waals surface area contributed by atoms with Crippen LogP contribution in [0.3, 0.4) is 0 Å². The van der Waals surface area contributed by atoms with Gasteiger partial charge in [0.2, 0.25) is 0 Å². The molecule has 18 heavy (non-hydrogen) atoms. The van der Waals surface area contributed by atoms with E-state index in [9.17, 15) is 4.79 Å². The zero-order chi connectivity index (χ0) is 13.0. The Morgan fingerprint density at radius 2 is 2.17 bits per heavy atom. The Kier molecular flexibility index (Phi) is 3.72. The van der Waals surface area contributed by atoms with Gasteiger partial charge in [-0.3, -0.25) is 0 Å². The van der Waals surface area contributed by atoms with E-state index in [1.807, 2.05) is 18.2 Å². The van der Waals surface area contributed by atoms with E-state index in [-0.39, 0.29) is 5.97 Å². The second-order valence-electron chi connectivity index (χ2n) is 3.75. The molecule has 2 rings (SSSR count). The third-order valence-electron chi connectivity index (χ3n) is 2.68. The Labute approximate surface area is 105 Å². The zero-order valence-electron chi connectivity index (χ0n) is 10.4. The molecule has 1 aliphatic heterocycles. The number of carbonyl (C=O) groups excluding carboxylic acids is 1. The molecule has 0 saturated heterocycles. The molecule has 1 aromatic rings. The van der Waals surface area contributed by atoms with Crippen molar-refractivity contribution in [2.45, 2.75) is 0 Å². The van der Waals surface area contributed by atoms with E-state index in [2.05, 4.69) is 5.32 Å². The molecule has 0 amide bonds. The van der Waals surface area contributed by atoms with Crippen LogP contribution in [0.2, 0.25) is 0 Å². The summed E-state index contributed by atoms with van der Waals surface area (Å²) in [7, 11) is 3.19. The van der Waals surface area contributed by atoms with Crippen molar-refractivity contribution in [2.24, 2.45) is 0 Å². The molecule has 1 aliphatic rings. The van der Waals surface area contributed by atoms with E-state index in [0.29, 0.717) is 24.5 Å². The van der Waals surface area contributed by atoms with Crippen LogP contribution in [0.5, 0.6) is 11.5 Å². The summed E-state index contributed by atoms with van der Waals surface area (Å²) in [4.78, 5) is 11.3. The molecule has 0 atom stereocenters. The molecule has 5 heteroatoms. The first-order valence-electron chi connectivity index (χ1n) is 5.56. The Hall–Kier alpha value is -2.17. The number of nitrogens with one attached hydrogen (secondary N) is 1. The van der Waals surface area contributed by atoms with Gasteiger partial charge in [0.05, 0.1) is 25.5 Å². The first-order chi connectivity index (χ1) is 8.74. The molecule has 0 aromatic heterocycles. The summed E-state index contributed by atoms with van der Waals surface area (Å²) >= 11 is 0. The molecule has 0 unspecified atom stereocenters. The number of rotatable bonds is 5. The van der Waals surface area contributed by atoms with Crippen molar-refractivity contribution in [3.63, 3.8) is 0 Å². The van der Waals surface area contributed by atoms with Gasteiger partial charge in [-0.15, -0.1) is 0 Å². The monoisotopic (exact) mass is 249 g/mol. The third kappa shape index (κ3) is 2.56. The van der Waals surface area contributed by atoms with Crippen LogP contribution < -0.4 is 14.8 Å². The van der Waals surface area contributed by atoms with Gasteiger partial charge in [-0.25, -0.2) is 4.79 Å². The average Bonchev–Trinajstić information content (AvgIpc) is 2.81. The topological polar surface area (TPSA) is 56.8 Å². The van der Waals surface area contributed by atoms with Gasteiger partial charge < -0.3 is 19.5 Å². The van der Waals surface area contributed by atoms with E-state index >= 15 is 0 Å². The SMILES string of the molecule is COc1ccc(OC)c(NCC2=CCOC2=O)c1. The maximum absolute atomic E-state index is 11.3. The predicted molar refractivity (Wildman–Crippen MR) is 67.1 cm³/mol. The standard InChI is InChI=1S/C13H15NO4/c1-16-10-3-4-12(17-2)11(7-10)14-8-9-5-6-18-13(9)15/h3-5,7,14H,6,8H2,1-2H3. The van der Waals surface area contributed by atoms with E-state index in [1.54, 1.807) is 20.3 Å². The van der Waals surface area contributed by atoms with Gasteiger partial charge in [0.15, 0.2) is 0 Å². The van der Waals surface area contributed by atoms with Crippen molar-refractivity contribution >= 4 is 11.7 Å². The highest BCUT2D eigenvalue weighted by Gasteiger charge is 2.16. The van der Waals surface area contributed by atoms with E-state index in [1.165, 1.54) is 0 Å². The first kappa shape index (κ1) is 12.3. The largest absolute Gasteiger partial charge is 0.497 e. The number of benzene rings is 1. The molecule has 96 valence electrons. The Morgan fingerprint density at radius 1 is 1.33 bits per heavy atom. The quantitative estimate of drug-likeness (QED) is 0.803. The maximum Gasteiger partial charge on any atom is 0.335 e. The van der Waals surface area contributed by atoms with Crippen molar-refractivity contribution < 1.29 is 19.0 Å². The number of ether oxygens (including phenoxy) is 3. The number of carbonyl (C=O) groups is 1. The van der Waals surface area contributed by atoms with Crippen LogP contribution >= 0.6 is 0 Å². The fourth-order valence-electron chi connectivity index (χ4n) is 1.68. The fourth-order valence-corrected chi connectivity index (χ4v) is 1.68. The molecular weight excluding hydrogens is 234 g/mol. The molecular formula is C13H15NO4. The van der Waals surface area contributed by atoms with Crippen LogP contribution in [0.15, 0.2) is 29.8 Å². The third-order valence-corrected chi connectivity index (χ3v) is 2.68. The van der Waals surface area contributed by atoms with Crippen molar-refractivity contribution in [3.05, 3.63) is 29.8 Å². The highest BCUT2D eigenvalue weighted by Crippen LogP contribution is 2.29. The number of anilines is 1. The van der Waals surface area contributed by atoms with E-state index in [4.69, 9.17) is 14.2 Å². The molecule has 0 radical (unpaired) electrons. The van der Waals surface area contributed by atoms with Crippen LogP contribution in [-0.2, 0) is 9.53 Å². The van der Waals surface area contributed by atoms with Gasteiger partial charge in [0.25, 0.3) is 0 Å². The number of hydrogen-bond acceptors (Lipinski definition) is 5. The van der Waals surface area contributed by atoms with E-state index in [0.717, 1.165) is 11.4 Å². The molecule has 0 bridgehead atoms. The minimum absolute atomic E-state index is 0.274. The lowest BCUT2D eigenvalue weighted by Gasteiger charge is -2.12. The van der Waals surface area contributed by atoms with Crippen LogP contribution in [0.1, 0.15) is 0 Å². The summed E-state index contributed by atoms with van der Waals surface area (Å²) in [5.74, 6) is 1.15. The van der Waals surface area contributed by atoms with Gasteiger partial charge in [0.1, 0.15) is 18.1 Å². The minimum Gasteiger partial charge on any atom is -0.497 e. The summed E-state index contributed by atoms with van der Waals surface area (Å²) in [6.07, 6.45) is 1.77. The number of methoxy groups -OCH3 is 2. The van der Waals surface area contributed by atoms with Gasteiger partial charge >= 0.3 is 5.97 Å². The number of cyclic esters (lactones) is 1. The second-order valence-corrected chi connectivity index (χ2v) is 3.75. The molecule has 1 aromatic carbocycles. The lowest BCUT2D eigenvalue weighted by Crippen LogP contribution is -2.11. The van der Waals surface area contributed by atoms with Crippen LogP contribution in [0, 0.1) is 0 Å². The number of esters is 1. The lowest BCUT2D eigenvalue weighted by molar-refractivity contribution is -0.135. The second kappa shape index (κ2) is 5.44. The number of hydrogen-bond donors (Lipinski definition) is 1. The van der Waals surface area contributed by atoms with Gasteiger partial charge in [-0.05, 0) is 18.2 Å². The summed E-state index contributed by atoms with van der Waals surface area (Å²) in [5, 5.41) is 3.14. The summed E-state index contributed by atoms with van der Waals surface area (Å²) < 4.78 is 15.2. The average molecular weight is 249 g/mol. The normalized spacial score (nSPS) is 13.9. The van der Waals surface area contributed by atoms with Gasteiger partial charge in [0, 0.05) is 12.6 Å². The molecule has 1 N–H and O–H groups in total. The molecule has 0 saturated carbocycles. The Morgan fingerprint density at radius 3 is 2.78 bits per heavy atom. The molecule has 1 heterocycles. The maximum atomic E-state index is 11.3. The van der Waals surface area contributed by atoms with Crippen LogP contribution in [0.25, 0.3) is 0 Å². The van der Waals surface area contributed by atoms with Crippen molar-refractivity contribution in [1.82, 2.24) is 0 Å². The van der Waals surface area contributed by atoms with Crippen molar-refractivity contribution in [1.29, 1.82) is 0 Å². The first-order valence-corrected chi connectivity index (χ1v) is 5.56. The van der Waals surface area contributed by atoms with Gasteiger partial charge in [-0.2, -0.15) is 0 Å². The molecule has 5 nitrogen and oxygen atoms in total. The van der Waals surface area contributed by atoms with Crippen molar-refractivity contribution in [2.75, 3.05) is 32.7 Å². The zero-order valence-corrected chi connectivity index (χ0v) is 10.4. The molecule has 0 aliphatic carbocycles. The molecule has 0 fully saturated rings. The smallest absolute Gasteiger partial charge is 0.335 e. The fraction of sp³-hybridized carbons (Fsp3) is 0.308. The Balaban J connectivity index is 2.09. The predicted octanol–water partition coefficient (Wildman–Crippen LogP) is 1.60. The summed E-state index contributed by atoms with van der Waals surface area (Å²) in [5.41, 5.74) is 1.40. The van der Waals surface area contributed by atoms with Crippen LogP contribution in [0.4, 0.5) is 5.69 Å². The van der Waals surface area contributed by atoms with Crippen LogP contribution in [-0.4, -0.2) is 33.3 Å². The lowest BCUT2D eigenvalue weighted by atomic mass is 10.2. The highest BCUT2D eigenvalue weighted by atomic mass is 16.5. The van der Waals surface area contributed by atoms with Gasteiger partial charge in [-0.1, -0.05) is 0 Å². The highest BCUT2D eigenvalue weighted by molar-refractivity contribution is 5.91. The minimum atomic E-state index is -0.274. The summed E-state index contributed by atoms with van der Waals surface area (Å²) in [6.45, 7) is 0.757. The van der Waals surface area contributed by atoms with E-state index < -0.39 is 0 Å².